The van der Waals surface area contributed by atoms with Gasteiger partial charge in [-0.3, -0.25) is 14.9 Å². The van der Waals surface area contributed by atoms with Gasteiger partial charge < -0.3 is 4.90 Å². The lowest BCUT2D eigenvalue weighted by Gasteiger charge is -2.10. The Labute approximate surface area is 110 Å². The SMILES string of the molecule is CCN1C=CC(C=Nc2ccc3cn[nH]c3c2)C1=O. The highest BCUT2D eigenvalue weighted by Crippen LogP contribution is 2.20. The lowest BCUT2D eigenvalue weighted by atomic mass is 10.2. The number of fused-ring (bicyclic) bond motifs is 1. The van der Waals surface area contributed by atoms with Gasteiger partial charge in [0.2, 0.25) is 5.91 Å². The molecule has 0 spiro atoms. The third-order valence-corrected chi connectivity index (χ3v) is 3.19. The maximum absolute atomic E-state index is 11.9. The molecule has 0 aliphatic carbocycles. The second-order valence-electron chi connectivity index (χ2n) is 4.41. The number of hydrogen-bond acceptors (Lipinski definition) is 3. The highest BCUT2D eigenvalue weighted by Gasteiger charge is 2.23. The van der Waals surface area contributed by atoms with E-state index in [9.17, 15) is 4.79 Å². The molecule has 5 heteroatoms. The fourth-order valence-corrected chi connectivity index (χ4v) is 2.09. The van der Waals surface area contributed by atoms with Crippen LogP contribution in [0.3, 0.4) is 0 Å². The zero-order chi connectivity index (χ0) is 13.2. The van der Waals surface area contributed by atoms with Crippen LogP contribution in [0, 0.1) is 5.92 Å². The van der Waals surface area contributed by atoms with Gasteiger partial charge in [-0.1, -0.05) is 6.08 Å². The molecule has 2 heterocycles. The van der Waals surface area contributed by atoms with E-state index in [0.29, 0.717) is 6.54 Å². The molecule has 1 N–H and O–H groups in total. The summed E-state index contributed by atoms with van der Waals surface area (Å²) in [5.41, 5.74) is 1.76. The van der Waals surface area contributed by atoms with E-state index in [4.69, 9.17) is 0 Å². The summed E-state index contributed by atoms with van der Waals surface area (Å²) in [6.45, 7) is 2.65. The number of aliphatic imine (C=N–C) groups is 1. The first-order valence-corrected chi connectivity index (χ1v) is 6.24. The minimum absolute atomic E-state index is 0.0777. The first-order valence-electron chi connectivity index (χ1n) is 6.24. The van der Waals surface area contributed by atoms with Crippen LogP contribution in [0.25, 0.3) is 10.9 Å². The van der Waals surface area contributed by atoms with Crippen LogP contribution in [-0.4, -0.2) is 33.8 Å². The van der Waals surface area contributed by atoms with Gasteiger partial charge in [0.25, 0.3) is 0 Å². The molecule has 0 bridgehead atoms. The Morgan fingerprint density at radius 3 is 3.21 bits per heavy atom. The second-order valence-corrected chi connectivity index (χ2v) is 4.41. The molecule has 96 valence electrons. The third-order valence-electron chi connectivity index (χ3n) is 3.19. The van der Waals surface area contributed by atoms with Gasteiger partial charge in [-0.05, 0) is 25.1 Å². The fraction of sp³-hybridized carbons (Fsp3) is 0.214. The van der Waals surface area contributed by atoms with Crippen molar-refractivity contribution in [1.82, 2.24) is 15.1 Å². The van der Waals surface area contributed by atoms with Crippen LogP contribution >= 0.6 is 0 Å². The van der Waals surface area contributed by atoms with E-state index in [-0.39, 0.29) is 11.8 Å². The molecule has 2 aromatic rings. The molecule has 1 aromatic heterocycles. The first-order chi connectivity index (χ1) is 9.28. The average molecular weight is 254 g/mol. The summed E-state index contributed by atoms with van der Waals surface area (Å²) >= 11 is 0. The van der Waals surface area contributed by atoms with Crippen LogP contribution in [0.4, 0.5) is 5.69 Å². The molecule has 0 saturated carbocycles. The van der Waals surface area contributed by atoms with Gasteiger partial charge >= 0.3 is 0 Å². The molecule has 1 aliphatic heterocycles. The number of aromatic nitrogens is 2. The Morgan fingerprint density at radius 2 is 2.42 bits per heavy atom. The highest BCUT2D eigenvalue weighted by molar-refractivity contribution is 5.98. The minimum atomic E-state index is -0.252. The molecule has 0 fully saturated rings. The predicted octanol–water partition coefficient (Wildman–Crippen LogP) is 2.26. The quantitative estimate of drug-likeness (QED) is 0.854. The van der Waals surface area contributed by atoms with E-state index in [1.165, 1.54) is 0 Å². The van der Waals surface area contributed by atoms with Crippen LogP contribution in [0.5, 0.6) is 0 Å². The molecule has 19 heavy (non-hydrogen) atoms. The van der Waals surface area contributed by atoms with Crippen molar-refractivity contribution in [1.29, 1.82) is 0 Å². The number of H-pyrrole nitrogens is 1. The number of carbonyl (C=O) groups is 1. The van der Waals surface area contributed by atoms with E-state index in [2.05, 4.69) is 15.2 Å². The van der Waals surface area contributed by atoms with Crippen LogP contribution < -0.4 is 0 Å². The molecular weight excluding hydrogens is 240 g/mol. The number of nitrogens with zero attached hydrogens (tertiary/aromatic N) is 3. The number of rotatable bonds is 3. The molecule has 1 unspecified atom stereocenters. The number of aromatic amines is 1. The summed E-state index contributed by atoms with van der Waals surface area (Å²) in [5.74, 6) is -0.175. The molecular formula is C14H14N4O. The standard InChI is InChI=1S/C14H14N4O/c1-2-18-6-5-11(14(18)19)8-15-12-4-3-10-9-16-17-13(10)7-12/h3-9,11H,2H2,1H3,(H,16,17). The van der Waals surface area contributed by atoms with Crippen molar-refractivity contribution in [3.8, 4) is 0 Å². The normalized spacial score (nSPS) is 19.1. The fourth-order valence-electron chi connectivity index (χ4n) is 2.09. The maximum Gasteiger partial charge on any atom is 0.238 e. The van der Waals surface area contributed by atoms with Gasteiger partial charge in [0.1, 0.15) is 0 Å². The van der Waals surface area contributed by atoms with Crippen molar-refractivity contribution < 1.29 is 4.79 Å². The van der Waals surface area contributed by atoms with Gasteiger partial charge in [-0.2, -0.15) is 5.10 Å². The smallest absolute Gasteiger partial charge is 0.238 e. The van der Waals surface area contributed by atoms with Gasteiger partial charge in [0.15, 0.2) is 0 Å². The molecule has 0 saturated heterocycles. The van der Waals surface area contributed by atoms with Crippen LogP contribution in [0.15, 0.2) is 41.7 Å². The average Bonchev–Trinajstić information content (AvgIpc) is 3.02. The lowest BCUT2D eigenvalue weighted by Crippen LogP contribution is -2.26. The van der Waals surface area contributed by atoms with Crippen molar-refractivity contribution in [2.45, 2.75) is 6.92 Å². The van der Waals surface area contributed by atoms with E-state index < -0.39 is 0 Å². The van der Waals surface area contributed by atoms with Crippen LogP contribution in [0.2, 0.25) is 0 Å². The summed E-state index contributed by atoms with van der Waals surface area (Å²) in [6, 6.07) is 5.78. The summed E-state index contributed by atoms with van der Waals surface area (Å²) < 4.78 is 0. The minimum Gasteiger partial charge on any atom is -0.319 e. The van der Waals surface area contributed by atoms with Gasteiger partial charge in [-0.15, -0.1) is 0 Å². The maximum atomic E-state index is 11.9. The van der Waals surface area contributed by atoms with Gasteiger partial charge in [-0.25, -0.2) is 0 Å². The second kappa shape index (κ2) is 4.68. The summed E-state index contributed by atoms with van der Waals surface area (Å²) in [6.07, 6.45) is 7.14. The van der Waals surface area contributed by atoms with E-state index in [1.54, 1.807) is 17.3 Å². The Bertz CT molecular complexity index is 671. The third kappa shape index (κ3) is 2.14. The molecule has 1 atom stereocenters. The summed E-state index contributed by atoms with van der Waals surface area (Å²) in [5, 5.41) is 7.91. The Hall–Kier alpha value is -2.43. The van der Waals surface area contributed by atoms with Gasteiger partial charge in [0, 0.05) is 24.3 Å². The predicted molar refractivity (Wildman–Crippen MR) is 74.3 cm³/mol. The molecule has 3 rings (SSSR count). The molecule has 1 aliphatic rings. The Balaban J connectivity index is 1.79. The van der Waals surface area contributed by atoms with Crippen LogP contribution in [-0.2, 0) is 4.79 Å². The molecule has 0 radical (unpaired) electrons. The van der Waals surface area contributed by atoms with Gasteiger partial charge in [0.05, 0.1) is 23.3 Å². The highest BCUT2D eigenvalue weighted by atomic mass is 16.2. The number of benzene rings is 1. The van der Waals surface area contributed by atoms with Crippen molar-refractivity contribution >= 4 is 28.7 Å². The molecule has 5 nitrogen and oxygen atoms in total. The largest absolute Gasteiger partial charge is 0.319 e. The number of carbonyl (C=O) groups excluding carboxylic acids is 1. The number of nitrogens with one attached hydrogen (secondary N) is 1. The van der Waals surface area contributed by atoms with Crippen LogP contribution in [0.1, 0.15) is 6.92 Å². The monoisotopic (exact) mass is 254 g/mol. The van der Waals surface area contributed by atoms with Crippen molar-refractivity contribution in [3.63, 3.8) is 0 Å². The van der Waals surface area contributed by atoms with Crippen molar-refractivity contribution in [2.24, 2.45) is 10.9 Å². The number of hydrogen-bond donors (Lipinski definition) is 1. The summed E-state index contributed by atoms with van der Waals surface area (Å²) in [7, 11) is 0. The molecule has 1 amide bonds. The number of amides is 1. The lowest BCUT2D eigenvalue weighted by molar-refractivity contribution is -0.128. The van der Waals surface area contributed by atoms with E-state index in [1.807, 2.05) is 37.4 Å². The zero-order valence-electron chi connectivity index (χ0n) is 10.6. The van der Waals surface area contributed by atoms with E-state index >= 15 is 0 Å². The summed E-state index contributed by atoms with van der Waals surface area (Å²) in [4.78, 5) is 17.9. The Morgan fingerprint density at radius 1 is 1.53 bits per heavy atom. The van der Waals surface area contributed by atoms with Crippen molar-refractivity contribution in [2.75, 3.05) is 6.54 Å². The van der Waals surface area contributed by atoms with E-state index in [0.717, 1.165) is 16.6 Å². The molecule has 1 aromatic carbocycles. The Kier molecular flexibility index (Phi) is 2.87. The first kappa shape index (κ1) is 11.6. The topological polar surface area (TPSA) is 61.4 Å². The zero-order valence-corrected chi connectivity index (χ0v) is 10.6. The van der Waals surface area contributed by atoms with Crippen molar-refractivity contribution in [3.05, 3.63) is 36.7 Å².